The molecule has 0 aliphatic carbocycles. The van der Waals surface area contributed by atoms with E-state index in [1.165, 1.54) is 18.2 Å². The molecule has 3 aromatic rings. The van der Waals surface area contributed by atoms with E-state index in [9.17, 15) is 19.7 Å². The molecule has 3 rings (SSSR count). The summed E-state index contributed by atoms with van der Waals surface area (Å²) in [6.07, 6.45) is 0. The molecule has 0 fully saturated rings. The van der Waals surface area contributed by atoms with E-state index in [2.05, 4.69) is 31.4 Å². The maximum absolute atomic E-state index is 12.6. The van der Waals surface area contributed by atoms with Gasteiger partial charge < -0.3 is 10.6 Å². The van der Waals surface area contributed by atoms with Gasteiger partial charge in [-0.1, -0.05) is 51.1 Å². The summed E-state index contributed by atoms with van der Waals surface area (Å²) in [7, 11) is 0. The Labute approximate surface area is 180 Å². The first-order valence-corrected chi connectivity index (χ1v) is 9.72. The van der Waals surface area contributed by atoms with Crippen LogP contribution >= 0.6 is 0 Å². The third-order valence-electron chi connectivity index (χ3n) is 4.74. The van der Waals surface area contributed by atoms with Crippen LogP contribution in [-0.2, 0) is 5.41 Å². The van der Waals surface area contributed by atoms with E-state index < -0.39 is 10.8 Å². The van der Waals surface area contributed by atoms with Gasteiger partial charge in [0.25, 0.3) is 17.5 Å². The van der Waals surface area contributed by atoms with Gasteiger partial charge in [-0.25, -0.2) is 0 Å². The number of nitro benzene ring substituents is 1. The summed E-state index contributed by atoms with van der Waals surface area (Å²) in [6.45, 7) is 6.31. The first kappa shape index (κ1) is 21.7. The first-order chi connectivity index (χ1) is 14.6. The second kappa shape index (κ2) is 8.79. The normalized spacial score (nSPS) is 10.9. The monoisotopic (exact) mass is 417 g/mol. The summed E-state index contributed by atoms with van der Waals surface area (Å²) in [5, 5.41) is 16.6. The van der Waals surface area contributed by atoms with E-state index >= 15 is 0 Å². The number of amides is 2. The van der Waals surface area contributed by atoms with Gasteiger partial charge in [-0.3, -0.25) is 19.7 Å². The second-order valence-corrected chi connectivity index (χ2v) is 8.09. The Hall–Kier alpha value is -4.00. The quantitative estimate of drug-likeness (QED) is 0.429. The Kier molecular flexibility index (Phi) is 6.15. The van der Waals surface area contributed by atoms with E-state index in [4.69, 9.17) is 0 Å². The number of carbonyl (C=O) groups is 2. The van der Waals surface area contributed by atoms with Crippen molar-refractivity contribution in [3.63, 3.8) is 0 Å². The average molecular weight is 417 g/mol. The molecule has 3 aromatic carbocycles. The van der Waals surface area contributed by atoms with Gasteiger partial charge >= 0.3 is 0 Å². The first-order valence-electron chi connectivity index (χ1n) is 9.72. The van der Waals surface area contributed by atoms with Crippen molar-refractivity contribution in [2.75, 3.05) is 10.6 Å². The highest BCUT2D eigenvalue weighted by atomic mass is 16.6. The fourth-order valence-corrected chi connectivity index (χ4v) is 3.02. The van der Waals surface area contributed by atoms with Gasteiger partial charge in [-0.2, -0.15) is 0 Å². The predicted octanol–water partition coefficient (Wildman–Crippen LogP) is 5.40. The molecule has 0 radical (unpaired) electrons. The molecule has 0 saturated heterocycles. The molecule has 2 amide bonds. The number of anilines is 2. The van der Waals surface area contributed by atoms with Crippen LogP contribution in [0.2, 0.25) is 0 Å². The average Bonchev–Trinajstić information content (AvgIpc) is 2.73. The highest BCUT2D eigenvalue weighted by Crippen LogP contribution is 2.23. The molecule has 0 aliphatic heterocycles. The molecule has 0 aliphatic rings. The van der Waals surface area contributed by atoms with Crippen molar-refractivity contribution in [3.05, 3.63) is 99.6 Å². The lowest BCUT2D eigenvalue weighted by Crippen LogP contribution is -2.15. The van der Waals surface area contributed by atoms with Crippen LogP contribution < -0.4 is 10.6 Å². The van der Waals surface area contributed by atoms with Crippen molar-refractivity contribution in [1.29, 1.82) is 0 Å². The predicted molar refractivity (Wildman–Crippen MR) is 121 cm³/mol. The minimum absolute atomic E-state index is 0.00459. The van der Waals surface area contributed by atoms with Crippen molar-refractivity contribution in [1.82, 2.24) is 0 Å². The van der Waals surface area contributed by atoms with E-state index in [-0.39, 0.29) is 22.6 Å². The van der Waals surface area contributed by atoms with Crippen LogP contribution in [0.3, 0.4) is 0 Å². The Morgan fingerprint density at radius 1 is 0.806 bits per heavy atom. The number of hydrogen-bond donors (Lipinski definition) is 2. The highest BCUT2D eigenvalue weighted by molar-refractivity contribution is 6.08. The van der Waals surface area contributed by atoms with Gasteiger partial charge in [0.15, 0.2) is 0 Å². The number of carbonyl (C=O) groups excluding carboxylic acids is 2. The molecule has 7 heteroatoms. The number of para-hydroxylation sites is 1. The highest BCUT2D eigenvalue weighted by Gasteiger charge is 2.19. The van der Waals surface area contributed by atoms with Crippen LogP contribution in [0.15, 0.2) is 72.8 Å². The van der Waals surface area contributed by atoms with Crippen molar-refractivity contribution in [2.45, 2.75) is 26.2 Å². The molecule has 0 bridgehead atoms. The van der Waals surface area contributed by atoms with Crippen molar-refractivity contribution < 1.29 is 14.5 Å². The maximum Gasteiger partial charge on any atom is 0.282 e. The molecule has 2 N–H and O–H groups in total. The number of benzene rings is 3. The fraction of sp³-hybridized carbons (Fsp3) is 0.167. The summed E-state index contributed by atoms with van der Waals surface area (Å²) in [5.41, 5.74) is 2.22. The third-order valence-corrected chi connectivity index (χ3v) is 4.74. The smallest absolute Gasteiger partial charge is 0.282 e. The Bertz CT molecular complexity index is 1130. The number of nitrogens with one attached hydrogen (secondary N) is 2. The van der Waals surface area contributed by atoms with Gasteiger partial charge in [0, 0.05) is 23.0 Å². The van der Waals surface area contributed by atoms with Crippen molar-refractivity contribution in [2.24, 2.45) is 0 Å². The maximum atomic E-state index is 12.6. The zero-order valence-corrected chi connectivity index (χ0v) is 17.5. The molecule has 0 unspecified atom stereocenters. The summed E-state index contributed by atoms with van der Waals surface area (Å²) < 4.78 is 0. The molecule has 0 heterocycles. The van der Waals surface area contributed by atoms with E-state index in [1.54, 1.807) is 42.5 Å². The van der Waals surface area contributed by atoms with Crippen molar-refractivity contribution >= 4 is 28.9 Å². The van der Waals surface area contributed by atoms with Crippen LogP contribution in [0.1, 0.15) is 47.1 Å². The summed E-state index contributed by atoms with van der Waals surface area (Å²) in [5.74, 6) is -0.879. The standard InChI is InChI=1S/C24H23N3O4/c1-24(2,3)17-13-11-16(12-14-17)22(28)25-18-7-6-8-19(15-18)26-23(29)20-9-4-5-10-21(20)27(30)31/h4-15H,1-3H3,(H,25,28)(H,26,29). The number of rotatable bonds is 5. The lowest BCUT2D eigenvalue weighted by molar-refractivity contribution is -0.385. The molecule has 0 saturated carbocycles. The SMILES string of the molecule is CC(C)(C)c1ccc(C(=O)Nc2cccc(NC(=O)c3ccccc3[N+](=O)[O-])c2)cc1. The molecule has 0 spiro atoms. The summed E-state index contributed by atoms with van der Waals surface area (Å²) in [6, 6.07) is 19.7. The van der Waals surface area contributed by atoms with Gasteiger partial charge in [0.2, 0.25) is 0 Å². The molecule has 7 nitrogen and oxygen atoms in total. The van der Waals surface area contributed by atoms with Crippen LogP contribution in [0, 0.1) is 10.1 Å². The van der Waals surface area contributed by atoms with Crippen LogP contribution in [0.25, 0.3) is 0 Å². The van der Waals surface area contributed by atoms with E-state index in [1.807, 2.05) is 12.1 Å². The van der Waals surface area contributed by atoms with Crippen LogP contribution in [0.4, 0.5) is 17.1 Å². The Balaban J connectivity index is 1.73. The zero-order valence-electron chi connectivity index (χ0n) is 17.5. The van der Waals surface area contributed by atoms with Crippen molar-refractivity contribution in [3.8, 4) is 0 Å². The van der Waals surface area contributed by atoms with Crippen LogP contribution in [-0.4, -0.2) is 16.7 Å². The molecule has 0 atom stereocenters. The third kappa shape index (κ3) is 5.33. The number of hydrogen-bond acceptors (Lipinski definition) is 4. The zero-order chi connectivity index (χ0) is 22.6. The fourth-order valence-electron chi connectivity index (χ4n) is 3.02. The topological polar surface area (TPSA) is 101 Å². The van der Waals surface area contributed by atoms with Crippen LogP contribution in [0.5, 0.6) is 0 Å². The minimum Gasteiger partial charge on any atom is -0.322 e. The van der Waals surface area contributed by atoms with E-state index in [0.29, 0.717) is 16.9 Å². The summed E-state index contributed by atoms with van der Waals surface area (Å²) in [4.78, 5) is 35.6. The molecule has 158 valence electrons. The molecule has 31 heavy (non-hydrogen) atoms. The molecule has 0 aromatic heterocycles. The number of nitrogens with zero attached hydrogens (tertiary/aromatic N) is 1. The Morgan fingerprint density at radius 3 is 1.97 bits per heavy atom. The second-order valence-electron chi connectivity index (χ2n) is 8.09. The molecular formula is C24H23N3O4. The van der Waals surface area contributed by atoms with Gasteiger partial charge in [0.1, 0.15) is 5.56 Å². The van der Waals surface area contributed by atoms with Gasteiger partial charge in [-0.15, -0.1) is 0 Å². The van der Waals surface area contributed by atoms with Gasteiger partial charge in [-0.05, 0) is 47.4 Å². The number of nitro groups is 1. The van der Waals surface area contributed by atoms with E-state index in [0.717, 1.165) is 5.56 Å². The lowest BCUT2D eigenvalue weighted by Gasteiger charge is -2.19. The lowest BCUT2D eigenvalue weighted by atomic mass is 9.87. The summed E-state index contributed by atoms with van der Waals surface area (Å²) >= 11 is 0. The Morgan fingerprint density at radius 2 is 1.39 bits per heavy atom. The minimum atomic E-state index is -0.603. The van der Waals surface area contributed by atoms with Gasteiger partial charge in [0.05, 0.1) is 4.92 Å². The molecular weight excluding hydrogens is 394 g/mol. The largest absolute Gasteiger partial charge is 0.322 e.